The summed E-state index contributed by atoms with van der Waals surface area (Å²) in [5.41, 5.74) is 3.55. The molecule has 158 valence electrons. The molecule has 6 nitrogen and oxygen atoms in total. The lowest BCUT2D eigenvalue weighted by Crippen LogP contribution is -2.40. The molecule has 6 heteroatoms. The molecule has 4 rings (SSSR count). The molecule has 0 atom stereocenters. The normalized spacial score (nSPS) is 16.8. The third-order valence-corrected chi connectivity index (χ3v) is 5.61. The second-order valence-electron chi connectivity index (χ2n) is 8.80. The van der Waals surface area contributed by atoms with E-state index < -0.39 is 0 Å². The second kappa shape index (κ2) is 8.11. The Kier molecular flexibility index (Phi) is 5.52. The van der Waals surface area contributed by atoms with Crippen LogP contribution in [0.4, 0.5) is 5.69 Å². The summed E-state index contributed by atoms with van der Waals surface area (Å²) in [4.78, 5) is 28.9. The Morgan fingerprint density at radius 1 is 1.03 bits per heavy atom. The van der Waals surface area contributed by atoms with Crippen LogP contribution in [0.15, 0.2) is 42.5 Å². The molecule has 2 aromatic carbocycles. The Balaban J connectivity index is 1.54. The van der Waals surface area contributed by atoms with E-state index in [1.165, 1.54) is 0 Å². The van der Waals surface area contributed by atoms with Gasteiger partial charge in [-0.15, -0.1) is 0 Å². The number of hydrogen-bond donors (Lipinski definition) is 0. The van der Waals surface area contributed by atoms with Crippen LogP contribution in [-0.2, 0) is 21.5 Å². The average Bonchev–Trinajstić information content (AvgIpc) is 2.75. The van der Waals surface area contributed by atoms with Crippen molar-refractivity contribution in [3.05, 3.63) is 59.2 Å². The fraction of sp³-hybridized carbons (Fsp3) is 0.417. The molecular weight excluding hydrogens is 380 g/mol. The number of fused-ring (bicyclic) bond motifs is 1. The van der Waals surface area contributed by atoms with Gasteiger partial charge < -0.3 is 19.3 Å². The Labute approximate surface area is 177 Å². The van der Waals surface area contributed by atoms with E-state index in [2.05, 4.69) is 26.8 Å². The highest BCUT2D eigenvalue weighted by atomic mass is 16.5. The average molecular weight is 408 g/mol. The number of anilines is 1. The zero-order chi connectivity index (χ0) is 21.3. The molecule has 2 aliphatic heterocycles. The number of carbonyl (C=O) groups is 2. The molecular formula is C24H28N2O4. The SMILES string of the molecule is CC(C)(C)c1ccc2c(c1)N(Cc1ccc(C(=O)N3CCOCC3)cc1)C(=O)CO2. The van der Waals surface area contributed by atoms with Crippen LogP contribution in [0.25, 0.3) is 0 Å². The highest BCUT2D eigenvalue weighted by Gasteiger charge is 2.28. The van der Waals surface area contributed by atoms with Crippen molar-refractivity contribution in [2.45, 2.75) is 32.7 Å². The molecule has 1 saturated heterocycles. The molecule has 0 spiro atoms. The maximum Gasteiger partial charge on any atom is 0.265 e. The zero-order valence-electron chi connectivity index (χ0n) is 17.8. The topological polar surface area (TPSA) is 59.1 Å². The van der Waals surface area contributed by atoms with Crippen molar-refractivity contribution in [3.8, 4) is 5.75 Å². The van der Waals surface area contributed by atoms with E-state index in [1.807, 2.05) is 41.3 Å². The second-order valence-corrected chi connectivity index (χ2v) is 8.80. The predicted octanol–water partition coefficient (Wildman–Crippen LogP) is 3.38. The van der Waals surface area contributed by atoms with Crippen molar-refractivity contribution in [2.75, 3.05) is 37.8 Å². The summed E-state index contributed by atoms with van der Waals surface area (Å²) in [6, 6.07) is 13.6. The van der Waals surface area contributed by atoms with Crippen LogP contribution in [0.5, 0.6) is 5.75 Å². The summed E-state index contributed by atoms with van der Waals surface area (Å²) >= 11 is 0. The summed E-state index contributed by atoms with van der Waals surface area (Å²) in [5, 5.41) is 0. The molecule has 0 unspecified atom stereocenters. The molecule has 0 aromatic heterocycles. The van der Waals surface area contributed by atoms with Crippen molar-refractivity contribution in [1.29, 1.82) is 0 Å². The molecule has 1 fully saturated rings. The summed E-state index contributed by atoms with van der Waals surface area (Å²) in [5.74, 6) is 0.677. The first-order chi connectivity index (χ1) is 14.3. The molecule has 2 aromatic rings. The number of amides is 2. The van der Waals surface area contributed by atoms with Crippen molar-refractivity contribution in [3.63, 3.8) is 0 Å². The third-order valence-electron chi connectivity index (χ3n) is 5.61. The first-order valence-electron chi connectivity index (χ1n) is 10.4. The molecule has 0 saturated carbocycles. The van der Waals surface area contributed by atoms with Crippen LogP contribution in [0.1, 0.15) is 42.3 Å². The first-order valence-corrected chi connectivity index (χ1v) is 10.4. The smallest absolute Gasteiger partial charge is 0.265 e. The van der Waals surface area contributed by atoms with Gasteiger partial charge in [0.05, 0.1) is 25.4 Å². The van der Waals surface area contributed by atoms with Crippen LogP contribution in [0.2, 0.25) is 0 Å². The van der Waals surface area contributed by atoms with Gasteiger partial charge in [0.1, 0.15) is 5.75 Å². The molecule has 2 heterocycles. The number of nitrogens with zero attached hydrogens (tertiary/aromatic N) is 2. The monoisotopic (exact) mass is 408 g/mol. The van der Waals surface area contributed by atoms with Gasteiger partial charge in [0.25, 0.3) is 11.8 Å². The maximum atomic E-state index is 12.6. The van der Waals surface area contributed by atoms with Crippen molar-refractivity contribution in [2.24, 2.45) is 0 Å². The van der Waals surface area contributed by atoms with Crippen LogP contribution < -0.4 is 9.64 Å². The molecule has 0 aliphatic carbocycles. The van der Waals surface area contributed by atoms with Gasteiger partial charge in [-0.25, -0.2) is 0 Å². The number of benzene rings is 2. The Hall–Kier alpha value is -2.86. The van der Waals surface area contributed by atoms with Gasteiger partial charge in [-0.05, 0) is 40.8 Å². The van der Waals surface area contributed by atoms with E-state index in [4.69, 9.17) is 9.47 Å². The number of ether oxygens (including phenoxy) is 2. The van der Waals surface area contributed by atoms with E-state index in [1.54, 1.807) is 4.90 Å². The summed E-state index contributed by atoms with van der Waals surface area (Å²) in [7, 11) is 0. The van der Waals surface area contributed by atoms with E-state index in [9.17, 15) is 9.59 Å². The van der Waals surface area contributed by atoms with Crippen LogP contribution in [-0.4, -0.2) is 49.6 Å². The molecule has 0 bridgehead atoms. The van der Waals surface area contributed by atoms with Gasteiger partial charge in [0.15, 0.2) is 6.61 Å². The molecule has 30 heavy (non-hydrogen) atoms. The van der Waals surface area contributed by atoms with Gasteiger partial charge in [-0.2, -0.15) is 0 Å². The number of carbonyl (C=O) groups excluding carboxylic acids is 2. The lowest BCUT2D eigenvalue weighted by atomic mass is 9.86. The number of rotatable bonds is 3. The van der Waals surface area contributed by atoms with Gasteiger partial charge in [0.2, 0.25) is 0 Å². The lowest BCUT2D eigenvalue weighted by molar-refractivity contribution is -0.121. The minimum absolute atomic E-state index is 0.0208. The standard InChI is InChI=1S/C24H28N2O4/c1-24(2,3)19-8-9-21-20(14-19)26(22(27)16-30-21)15-17-4-6-18(7-5-17)23(28)25-10-12-29-13-11-25/h4-9,14H,10-13,15-16H2,1-3H3. The molecule has 0 N–H and O–H groups in total. The quantitative estimate of drug-likeness (QED) is 0.781. The highest BCUT2D eigenvalue weighted by Crippen LogP contribution is 2.37. The van der Waals surface area contributed by atoms with E-state index in [-0.39, 0.29) is 23.8 Å². The van der Waals surface area contributed by atoms with Gasteiger partial charge in [0, 0.05) is 18.7 Å². The Bertz CT molecular complexity index is 941. The third kappa shape index (κ3) is 4.19. The summed E-state index contributed by atoms with van der Waals surface area (Å²) in [6.07, 6.45) is 0. The van der Waals surface area contributed by atoms with Crippen molar-refractivity contribution >= 4 is 17.5 Å². The van der Waals surface area contributed by atoms with Gasteiger partial charge in [-0.3, -0.25) is 9.59 Å². The number of hydrogen-bond acceptors (Lipinski definition) is 4. The van der Waals surface area contributed by atoms with Crippen LogP contribution in [0.3, 0.4) is 0 Å². The van der Waals surface area contributed by atoms with Gasteiger partial charge in [-0.1, -0.05) is 39.0 Å². The van der Waals surface area contributed by atoms with Crippen molar-refractivity contribution in [1.82, 2.24) is 4.90 Å². The lowest BCUT2D eigenvalue weighted by Gasteiger charge is -2.31. The van der Waals surface area contributed by atoms with Crippen LogP contribution in [0, 0.1) is 0 Å². The van der Waals surface area contributed by atoms with E-state index in [0.29, 0.717) is 38.4 Å². The first kappa shape index (κ1) is 20.4. The predicted molar refractivity (Wildman–Crippen MR) is 115 cm³/mol. The molecule has 2 amide bonds. The minimum Gasteiger partial charge on any atom is -0.482 e. The van der Waals surface area contributed by atoms with Crippen molar-refractivity contribution < 1.29 is 19.1 Å². The van der Waals surface area contributed by atoms with E-state index >= 15 is 0 Å². The Morgan fingerprint density at radius 3 is 2.40 bits per heavy atom. The van der Waals surface area contributed by atoms with E-state index in [0.717, 1.165) is 22.6 Å². The highest BCUT2D eigenvalue weighted by molar-refractivity contribution is 5.98. The van der Waals surface area contributed by atoms with Gasteiger partial charge >= 0.3 is 0 Å². The fourth-order valence-corrected chi connectivity index (χ4v) is 3.73. The Morgan fingerprint density at radius 2 is 1.73 bits per heavy atom. The number of morpholine rings is 1. The largest absolute Gasteiger partial charge is 0.482 e. The zero-order valence-corrected chi connectivity index (χ0v) is 17.8. The summed E-state index contributed by atoms with van der Waals surface area (Å²) in [6.45, 7) is 9.33. The van der Waals surface area contributed by atoms with Crippen LogP contribution >= 0.6 is 0 Å². The minimum atomic E-state index is -0.0676. The summed E-state index contributed by atoms with van der Waals surface area (Å²) < 4.78 is 11.0. The maximum absolute atomic E-state index is 12.6. The molecule has 0 radical (unpaired) electrons. The molecule has 2 aliphatic rings. The fourth-order valence-electron chi connectivity index (χ4n) is 3.73.